The van der Waals surface area contributed by atoms with Crippen molar-refractivity contribution in [3.05, 3.63) is 155 Å². The van der Waals surface area contributed by atoms with Crippen molar-refractivity contribution in [2.75, 3.05) is 0 Å². The molecule has 2 saturated carbocycles. The molecule has 0 saturated heterocycles. The molecule has 0 spiro atoms. The van der Waals surface area contributed by atoms with Crippen LogP contribution in [0.4, 0.5) is 0 Å². The summed E-state index contributed by atoms with van der Waals surface area (Å²) in [5, 5.41) is 5.13. The zero-order chi connectivity index (χ0) is 42.0. The van der Waals surface area contributed by atoms with E-state index in [-0.39, 0.29) is 7.25 Å². The molecule has 0 aromatic heterocycles. The van der Waals surface area contributed by atoms with E-state index >= 15 is 0 Å². The Kier molecular flexibility index (Phi) is 12.3. The number of hydrogen-bond acceptors (Lipinski definition) is 0. The first-order valence-corrected chi connectivity index (χ1v) is 43.9. The summed E-state index contributed by atoms with van der Waals surface area (Å²) >= 11 is -7.70. The number of rotatable bonds is 16. The van der Waals surface area contributed by atoms with Crippen LogP contribution in [0.15, 0.2) is 132 Å². The summed E-state index contributed by atoms with van der Waals surface area (Å²) in [6, 6.07) is 44.8. The molecular formula is C54H56Cl4SiZr2. The quantitative estimate of drug-likeness (QED) is 0.0848. The third-order valence-electron chi connectivity index (χ3n) is 15.0. The van der Waals surface area contributed by atoms with Crippen molar-refractivity contribution >= 4 is 77.3 Å². The maximum atomic E-state index is 8.04. The van der Waals surface area contributed by atoms with E-state index < -0.39 is 45.3 Å². The summed E-state index contributed by atoms with van der Waals surface area (Å²) in [5.74, 6) is 0. The summed E-state index contributed by atoms with van der Waals surface area (Å²) in [6.07, 6.45) is 17.6. The van der Waals surface area contributed by atoms with E-state index in [4.69, 9.17) is 34.1 Å². The summed E-state index contributed by atoms with van der Waals surface area (Å²) < 4.78 is 2.31. The number of allylic oxidation sites excluding steroid dienone is 2. The van der Waals surface area contributed by atoms with Crippen molar-refractivity contribution in [3.63, 3.8) is 0 Å². The zero-order valence-corrected chi connectivity index (χ0v) is 44.9. The van der Waals surface area contributed by atoms with E-state index in [1.54, 1.807) is 0 Å². The van der Waals surface area contributed by atoms with Crippen LogP contribution >= 0.6 is 34.1 Å². The van der Waals surface area contributed by atoms with Crippen molar-refractivity contribution in [2.45, 2.75) is 92.8 Å². The van der Waals surface area contributed by atoms with Crippen LogP contribution in [0.5, 0.6) is 0 Å². The summed E-state index contributed by atoms with van der Waals surface area (Å²) in [5.41, 5.74) is 14.5. The second-order valence-corrected chi connectivity index (χ2v) is 56.9. The zero-order valence-electron chi connectivity index (χ0n) is 35.6. The Labute approximate surface area is 389 Å². The van der Waals surface area contributed by atoms with Gasteiger partial charge < -0.3 is 0 Å². The van der Waals surface area contributed by atoms with Gasteiger partial charge in [-0.3, -0.25) is 0 Å². The van der Waals surface area contributed by atoms with Crippen LogP contribution in [0.1, 0.15) is 108 Å². The fraction of sp³-hybridized carbons (Fsp3) is 0.333. The molecule has 7 heteroatoms. The van der Waals surface area contributed by atoms with E-state index in [1.165, 1.54) is 129 Å². The number of fused-ring (bicyclic) bond motifs is 4. The van der Waals surface area contributed by atoms with Crippen molar-refractivity contribution in [1.82, 2.24) is 0 Å². The Balaban J connectivity index is 0.965. The van der Waals surface area contributed by atoms with Crippen molar-refractivity contribution in [2.24, 2.45) is 10.8 Å². The molecule has 2 fully saturated rings. The van der Waals surface area contributed by atoms with E-state index in [0.29, 0.717) is 10.8 Å². The molecule has 2 unspecified atom stereocenters. The van der Waals surface area contributed by atoms with Gasteiger partial charge in [0.15, 0.2) is 0 Å². The van der Waals surface area contributed by atoms with Crippen LogP contribution in [0, 0.1) is 10.8 Å². The number of benzene rings is 6. The van der Waals surface area contributed by atoms with Crippen LogP contribution in [-0.4, -0.2) is 9.52 Å². The van der Waals surface area contributed by atoms with Crippen LogP contribution in [0.3, 0.4) is 0 Å². The number of hydrogen-bond donors (Lipinski definition) is 0. The first kappa shape index (κ1) is 43.4. The molecule has 6 aromatic rings. The predicted molar refractivity (Wildman–Crippen MR) is 264 cm³/mol. The summed E-state index contributed by atoms with van der Waals surface area (Å²) in [4.78, 5) is 0. The molecule has 0 aliphatic heterocycles. The van der Waals surface area contributed by atoms with Gasteiger partial charge in [0.25, 0.3) is 0 Å². The van der Waals surface area contributed by atoms with Crippen LogP contribution in [-0.2, 0) is 35.8 Å². The molecule has 0 nitrogen and oxygen atoms in total. The van der Waals surface area contributed by atoms with Gasteiger partial charge >= 0.3 is 394 Å². The van der Waals surface area contributed by atoms with Crippen molar-refractivity contribution in [1.29, 1.82) is 0 Å². The third-order valence-corrected chi connectivity index (χ3v) is 58.1. The summed E-state index contributed by atoms with van der Waals surface area (Å²) in [7, 11) is 31.4. The molecule has 4 aliphatic carbocycles. The van der Waals surface area contributed by atoms with Crippen LogP contribution < -0.4 is 0 Å². The monoisotopic (exact) mass is 1050 g/mol. The van der Waals surface area contributed by atoms with E-state index in [2.05, 4.69) is 147 Å². The van der Waals surface area contributed by atoms with Gasteiger partial charge in [-0.1, -0.05) is 0 Å². The molecule has 312 valence electrons. The maximum absolute atomic E-state index is 8.04. The van der Waals surface area contributed by atoms with Gasteiger partial charge in [-0.05, 0) is 0 Å². The SMILES string of the molecule is CCCC1(CC2=Cc3c(-c4cccc5ccccc45)cccc3[CH]2[Zr]([Cl])([Cl])[CH2][SiH2][CH2][Zr]([Cl])([Cl])[CH]2C(CC3(CCC)CC3)=Cc3c(-c4cccc5ccccc45)cccc32)CC1. The standard InChI is InChI=1S/2C26H25.C2H6Si.4ClH.2Zr/c2*1-2-13-26(14-15-26)18-19-16-21-9-6-12-24(25(21)17-19)23-11-5-8-20-7-3-4-10-22(20)23;1-3-2;;;;;;/h2*3-12,16-17H,2,13-15,18H2,1H3;1-3H2;4*1H;;/q;;;;;;;2*+2/p-4. The van der Waals surface area contributed by atoms with Crippen LogP contribution in [0.2, 0.25) is 7.50 Å². The van der Waals surface area contributed by atoms with Crippen molar-refractivity contribution < 1.29 is 35.8 Å². The topological polar surface area (TPSA) is 0 Å². The van der Waals surface area contributed by atoms with Gasteiger partial charge in [-0.25, -0.2) is 0 Å². The fourth-order valence-corrected chi connectivity index (χ4v) is 56.3. The van der Waals surface area contributed by atoms with Crippen LogP contribution in [0.25, 0.3) is 56.0 Å². The van der Waals surface area contributed by atoms with E-state index in [9.17, 15) is 0 Å². The molecule has 4 aliphatic rings. The Hall–Kier alpha value is -1.54. The number of halogens is 4. The average Bonchev–Trinajstić information content (AvgIpc) is 4.12. The minimum absolute atomic E-state index is 0.161. The molecule has 0 bridgehead atoms. The second kappa shape index (κ2) is 17.4. The van der Waals surface area contributed by atoms with E-state index in [0.717, 1.165) is 20.3 Å². The third kappa shape index (κ3) is 8.46. The Morgan fingerprint density at radius 3 is 1.28 bits per heavy atom. The normalized spacial score (nSPS) is 20.0. The van der Waals surface area contributed by atoms with Gasteiger partial charge in [-0.15, -0.1) is 0 Å². The molecule has 0 amide bonds. The Morgan fingerprint density at radius 1 is 0.492 bits per heavy atom. The molecule has 0 radical (unpaired) electrons. The molecule has 10 rings (SSSR count). The first-order valence-electron chi connectivity index (χ1n) is 22.9. The summed E-state index contributed by atoms with van der Waals surface area (Å²) in [6.45, 7) is 4.68. The molecule has 0 heterocycles. The van der Waals surface area contributed by atoms with Gasteiger partial charge in [0.05, 0.1) is 0 Å². The average molecular weight is 1060 g/mol. The fourth-order valence-electron chi connectivity index (χ4n) is 11.8. The van der Waals surface area contributed by atoms with Gasteiger partial charge in [0.2, 0.25) is 0 Å². The molecule has 61 heavy (non-hydrogen) atoms. The van der Waals surface area contributed by atoms with Gasteiger partial charge in [-0.2, -0.15) is 0 Å². The molecule has 2 atom stereocenters. The molecule has 6 aromatic carbocycles. The second-order valence-electron chi connectivity index (χ2n) is 19.2. The minimum atomic E-state index is -3.85. The first-order chi connectivity index (χ1) is 29.5. The van der Waals surface area contributed by atoms with Crippen molar-refractivity contribution in [3.8, 4) is 22.3 Å². The Bertz CT molecular complexity index is 2510. The van der Waals surface area contributed by atoms with E-state index in [1.807, 2.05) is 0 Å². The Morgan fingerprint density at radius 2 is 0.869 bits per heavy atom. The van der Waals surface area contributed by atoms with Gasteiger partial charge in [0, 0.05) is 0 Å². The van der Waals surface area contributed by atoms with Gasteiger partial charge in [0.1, 0.15) is 0 Å². The predicted octanol–water partition coefficient (Wildman–Crippen LogP) is 17.7. The molecule has 0 N–H and O–H groups in total. The molecular weight excluding hydrogens is 1000 g/mol.